The average Bonchev–Trinajstić information content (AvgIpc) is 2.38. The molecule has 2 rings (SSSR count). The second kappa shape index (κ2) is 5.66. The Morgan fingerprint density at radius 1 is 1.41 bits per heavy atom. The summed E-state index contributed by atoms with van der Waals surface area (Å²) in [5.74, 6) is -0.0257. The Bertz CT molecular complexity index is 386. The number of hydrogen-bond acceptors (Lipinski definition) is 3. The van der Waals surface area contributed by atoms with Crippen LogP contribution in [-0.4, -0.2) is 22.7 Å². The van der Waals surface area contributed by atoms with Crippen molar-refractivity contribution in [2.75, 3.05) is 6.61 Å². The van der Waals surface area contributed by atoms with Gasteiger partial charge < -0.3 is 9.84 Å². The van der Waals surface area contributed by atoms with Crippen LogP contribution in [0, 0.1) is 5.92 Å². The van der Waals surface area contributed by atoms with Gasteiger partial charge in [0.1, 0.15) is 5.56 Å². The van der Waals surface area contributed by atoms with Crippen LogP contribution < -0.4 is 4.74 Å². The molecule has 1 heterocycles. The van der Waals surface area contributed by atoms with Gasteiger partial charge >= 0.3 is 5.97 Å². The summed E-state index contributed by atoms with van der Waals surface area (Å²) >= 11 is 0. The normalized spacial score (nSPS) is 16.7. The highest BCUT2D eigenvalue weighted by molar-refractivity contribution is 5.90. The summed E-state index contributed by atoms with van der Waals surface area (Å²) < 4.78 is 5.59. The van der Waals surface area contributed by atoms with E-state index in [2.05, 4.69) is 4.98 Å². The van der Waals surface area contributed by atoms with Crippen molar-refractivity contribution >= 4 is 5.97 Å². The highest BCUT2D eigenvalue weighted by Crippen LogP contribution is 2.25. The predicted octanol–water partition coefficient (Wildman–Crippen LogP) is 2.74. The lowest BCUT2D eigenvalue weighted by atomic mass is 9.90. The Morgan fingerprint density at radius 3 is 2.88 bits per heavy atom. The fourth-order valence-corrected chi connectivity index (χ4v) is 2.23. The van der Waals surface area contributed by atoms with E-state index in [-0.39, 0.29) is 5.56 Å². The maximum absolute atomic E-state index is 11.0. The molecule has 0 bridgehead atoms. The molecular weight excluding hydrogens is 218 g/mol. The van der Waals surface area contributed by atoms with Gasteiger partial charge in [-0.1, -0.05) is 19.3 Å². The van der Waals surface area contributed by atoms with Gasteiger partial charge in [-0.2, -0.15) is 0 Å². The molecule has 1 aliphatic carbocycles. The third-order valence-corrected chi connectivity index (χ3v) is 3.21. The summed E-state index contributed by atoms with van der Waals surface area (Å²) in [5.41, 5.74) is 0.191. The number of nitrogens with zero attached hydrogens (tertiary/aromatic N) is 1. The number of aromatic nitrogens is 1. The van der Waals surface area contributed by atoms with E-state index >= 15 is 0 Å². The first kappa shape index (κ1) is 11.9. The molecule has 0 amide bonds. The first-order valence-electron chi connectivity index (χ1n) is 6.07. The van der Waals surface area contributed by atoms with Crippen molar-refractivity contribution in [3.8, 4) is 5.75 Å². The van der Waals surface area contributed by atoms with Crippen LogP contribution in [0.2, 0.25) is 0 Å². The highest BCUT2D eigenvalue weighted by atomic mass is 16.5. The number of ether oxygens (including phenoxy) is 1. The fraction of sp³-hybridized carbons (Fsp3) is 0.538. The standard InChI is InChI=1S/C13H17NO3/c15-13(16)11-6-7-14-8-12(11)17-9-10-4-2-1-3-5-10/h6-8,10H,1-5,9H2,(H,15,16). The molecule has 17 heavy (non-hydrogen) atoms. The number of carbonyl (C=O) groups is 1. The van der Waals surface area contributed by atoms with Crippen molar-refractivity contribution < 1.29 is 14.6 Å². The first-order chi connectivity index (χ1) is 8.27. The molecule has 4 heteroatoms. The third-order valence-electron chi connectivity index (χ3n) is 3.21. The molecule has 0 saturated heterocycles. The maximum atomic E-state index is 11.0. The van der Waals surface area contributed by atoms with Crippen LogP contribution in [0.1, 0.15) is 42.5 Å². The van der Waals surface area contributed by atoms with Gasteiger partial charge in [-0.25, -0.2) is 4.79 Å². The summed E-state index contributed by atoms with van der Waals surface area (Å²) in [5, 5.41) is 8.99. The first-order valence-corrected chi connectivity index (χ1v) is 6.07. The zero-order chi connectivity index (χ0) is 12.1. The van der Waals surface area contributed by atoms with Gasteiger partial charge in [0.2, 0.25) is 0 Å². The summed E-state index contributed by atoms with van der Waals surface area (Å²) in [6, 6.07) is 1.47. The molecule has 1 N–H and O–H groups in total. The van der Waals surface area contributed by atoms with Gasteiger partial charge in [0.25, 0.3) is 0 Å². The lowest BCUT2D eigenvalue weighted by molar-refractivity contribution is 0.0690. The van der Waals surface area contributed by atoms with Crippen LogP contribution in [0.5, 0.6) is 5.75 Å². The van der Waals surface area contributed by atoms with Gasteiger partial charge in [-0.05, 0) is 24.8 Å². The Hall–Kier alpha value is -1.58. The Morgan fingerprint density at radius 2 is 2.18 bits per heavy atom. The molecule has 0 spiro atoms. The molecule has 1 aliphatic rings. The van der Waals surface area contributed by atoms with Crippen LogP contribution in [-0.2, 0) is 0 Å². The molecule has 1 fully saturated rings. The monoisotopic (exact) mass is 235 g/mol. The minimum Gasteiger partial charge on any atom is -0.491 e. The van der Waals surface area contributed by atoms with Crippen molar-refractivity contribution in [2.24, 2.45) is 5.92 Å². The number of pyridine rings is 1. The Kier molecular flexibility index (Phi) is 3.96. The average molecular weight is 235 g/mol. The molecule has 0 aliphatic heterocycles. The molecule has 4 nitrogen and oxygen atoms in total. The zero-order valence-electron chi connectivity index (χ0n) is 9.76. The Labute approximate surface area is 101 Å². The van der Waals surface area contributed by atoms with Crippen molar-refractivity contribution in [2.45, 2.75) is 32.1 Å². The molecule has 0 radical (unpaired) electrons. The number of hydrogen-bond donors (Lipinski definition) is 1. The van der Waals surface area contributed by atoms with Crippen LogP contribution in [0.15, 0.2) is 18.5 Å². The van der Waals surface area contributed by atoms with E-state index in [1.165, 1.54) is 50.6 Å². The van der Waals surface area contributed by atoms with Crippen molar-refractivity contribution in [1.82, 2.24) is 4.98 Å². The Balaban J connectivity index is 1.96. The SMILES string of the molecule is O=C(O)c1ccncc1OCC1CCCCC1. The molecule has 92 valence electrons. The van der Waals surface area contributed by atoms with E-state index in [0.717, 1.165) is 0 Å². The minimum absolute atomic E-state index is 0.191. The van der Waals surface area contributed by atoms with Crippen molar-refractivity contribution in [3.63, 3.8) is 0 Å². The summed E-state index contributed by atoms with van der Waals surface area (Å²) in [7, 11) is 0. The smallest absolute Gasteiger partial charge is 0.339 e. The van der Waals surface area contributed by atoms with E-state index < -0.39 is 5.97 Å². The molecule has 1 aromatic heterocycles. The van der Waals surface area contributed by atoms with Crippen molar-refractivity contribution in [1.29, 1.82) is 0 Å². The van der Waals surface area contributed by atoms with Crippen LogP contribution in [0.3, 0.4) is 0 Å². The summed E-state index contributed by atoms with van der Waals surface area (Å²) in [6.07, 6.45) is 9.14. The predicted molar refractivity (Wildman–Crippen MR) is 63.3 cm³/mol. The van der Waals surface area contributed by atoms with Gasteiger partial charge in [0, 0.05) is 6.20 Å². The van der Waals surface area contributed by atoms with Crippen LogP contribution >= 0.6 is 0 Å². The van der Waals surface area contributed by atoms with E-state index in [0.29, 0.717) is 18.3 Å². The van der Waals surface area contributed by atoms with E-state index in [9.17, 15) is 4.79 Å². The minimum atomic E-state index is -0.967. The quantitative estimate of drug-likeness (QED) is 0.871. The second-order valence-electron chi connectivity index (χ2n) is 4.49. The molecule has 1 saturated carbocycles. The lowest BCUT2D eigenvalue weighted by Gasteiger charge is -2.21. The maximum Gasteiger partial charge on any atom is 0.339 e. The van der Waals surface area contributed by atoms with Crippen LogP contribution in [0.25, 0.3) is 0 Å². The highest BCUT2D eigenvalue weighted by Gasteiger charge is 2.16. The van der Waals surface area contributed by atoms with E-state index in [1.807, 2.05) is 0 Å². The molecule has 0 atom stereocenters. The second-order valence-corrected chi connectivity index (χ2v) is 4.49. The number of carboxylic acids is 1. The number of carboxylic acid groups (broad SMARTS) is 1. The number of rotatable bonds is 4. The fourth-order valence-electron chi connectivity index (χ4n) is 2.23. The zero-order valence-corrected chi connectivity index (χ0v) is 9.76. The van der Waals surface area contributed by atoms with Gasteiger partial charge in [-0.3, -0.25) is 4.98 Å². The molecule has 1 aromatic rings. The third kappa shape index (κ3) is 3.19. The van der Waals surface area contributed by atoms with Crippen molar-refractivity contribution in [3.05, 3.63) is 24.0 Å². The van der Waals surface area contributed by atoms with Gasteiger partial charge in [-0.15, -0.1) is 0 Å². The molecule has 0 unspecified atom stereocenters. The summed E-state index contributed by atoms with van der Waals surface area (Å²) in [4.78, 5) is 14.9. The molecular formula is C13H17NO3. The lowest BCUT2D eigenvalue weighted by Crippen LogP contribution is -2.16. The largest absolute Gasteiger partial charge is 0.491 e. The van der Waals surface area contributed by atoms with E-state index in [4.69, 9.17) is 9.84 Å². The van der Waals surface area contributed by atoms with Crippen LogP contribution in [0.4, 0.5) is 0 Å². The van der Waals surface area contributed by atoms with Gasteiger partial charge in [0.05, 0.1) is 12.8 Å². The topological polar surface area (TPSA) is 59.4 Å². The van der Waals surface area contributed by atoms with E-state index in [1.54, 1.807) is 0 Å². The van der Waals surface area contributed by atoms with Gasteiger partial charge in [0.15, 0.2) is 5.75 Å². The number of aromatic carboxylic acids is 1. The summed E-state index contributed by atoms with van der Waals surface area (Å²) in [6.45, 7) is 0.603. The molecule has 0 aromatic carbocycles.